The summed E-state index contributed by atoms with van der Waals surface area (Å²) in [5.74, 6) is -0.581. The number of hydrogen-bond acceptors (Lipinski definition) is 4. The molecule has 0 aromatic heterocycles. The third kappa shape index (κ3) is 2.71. The Kier molecular flexibility index (Phi) is 4.16. The van der Waals surface area contributed by atoms with Gasteiger partial charge in [-0.2, -0.15) is 0 Å². The first kappa shape index (κ1) is 14.2. The Morgan fingerprint density at radius 3 is 2.65 bits per heavy atom. The minimum Gasteiger partial charge on any atom is -0.448 e. The molecule has 0 atom stereocenters. The highest BCUT2D eigenvalue weighted by molar-refractivity contribution is 6.32. The first-order valence-corrected chi connectivity index (χ1v) is 6.00. The summed E-state index contributed by atoms with van der Waals surface area (Å²) < 4.78 is 19.0. The molecule has 104 valence electrons. The van der Waals surface area contributed by atoms with Gasteiger partial charge in [0, 0.05) is 18.2 Å². The molecule has 0 fully saturated rings. The number of nitrogens with zero attached hydrogens (tertiary/aromatic N) is 1. The second kappa shape index (κ2) is 5.85. The summed E-state index contributed by atoms with van der Waals surface area (Å²) in [4.78, 5) is 10.3. The van der Waals surface area contributed by atoms with Crippen LogP contribution in [0.2, 0.25) is 5.02 Å². The predicted molar refractivity (Wildman–Crippen MR) is 72.5 cm³/mol. The minimum atomic E-state index is -0.622. The maximum atomic E-state index is 13.6. The van der Waals surface area contributed by atoms with Crippen LogP contribution >= 0.6 is 11.6 Å². The first-order chi connectivity index (χ1) is 9.54. The number of halogens is 2. The van der Waals surface area contributed by atoms with Gasteiger partial charge in [-0.05, 0) is 18.2 Å². The van der Waals surface area contributed by atoms with Gasteiger partial charge in [-0.1, -0.05) is 23.7 Å². The molecule has 0 heterocycles. The number of ether oxygens (including phenoxy) is 1. The number of benzene rings is 2. The molecule has 2 rings (SSSR count). The quantitative estimate of drug-likeness (QED) is 0.690. The van der Waals surface area contributed by atoms with Crippen LogP contribution in [0.1, 0.15) is 5.56 Å². The van der Waals surface area contributed by atoms with Crippen LogP contribution in [0.4, 0.5) is 10.1 Å². The lowest BCUT2D eigenvalue weighted by atomic mass is 10.2. The topological polar surface area (TPSA) is 78.4 Å². The number of nitrogens with two attached hydrogens (primary N) is 1. The highest BCUT2D eigenvalue weighted by atomic mass is 35.5. The van der Waals surface area contributed by atoms with Crippen LogP contribution in [0.3, 0.4) is 0 Å². The molecule has 0 bridgehead atoms. The Morgan fingerprint density at radius 2 is 2.00 bits per heavy atom. The first-order valence-electron chi connectivity index (χ1n) is 5.62. The van der Waals surface area contributed by atoms with E-state index in [1.54, 1.807) is 0 Å². The molecule has 7 heteroatoms. The van der Waals surface area contributed by atoms with E-state index in [1.165, 1.54) is 36.4 Å². The number of rotatable bonds is 4. The van der Waals surface area contributed by atoms with E-state index in [2.05, 4.69) is 0 Å². The lowest BCUT2D eigenvalue weighted by molar-refractivity contribution is -0.385. The number of nitro groups is 1. The van der Waals surface area contributed by atoms with Crippen molar-refractivity contribution < 1.29 is 14.1 Å². The summed E-state index contributed by atoms with van der Waals surface area (Å²) >= 11 is 5.90. The zero-order valence-corrected chi connectivity index (χ0v) is 10.9. The van der Waals surface area contributed by atoms with Crippen molar-refractivity contribution in [1.82, 2.24) is 0 Å². The molecule has 0 unspecified atom stereocenters. The van der Waals surface area contributed by atoms with Gasteiger partial charge >= 0.3 is 5.69 Å². The van der Waals surface area contributed by atoms with Crippen molar-refractivity contribution in [1.29, 1.82) is 0 Å². The van der Waals surface area contributed by atoms with Crippen molar-refractivity contribution >= 4 is 17.3 Å². The molecule has 20 heavy (non-hydrogen) atoms. The van der Waals surface area contributed by atoms with Gasteiger partial charge in [0.15, 0.2) is 0 Å². The molecule has 0 saturated carbocycles. The fraction of sp³-hybridized carbons (Fsp3) is 0.0769. The van der Waals surface area contributed by atoms with E-state index in [0.717, 1.165) is 0 Å². The maximum absolute atomic E-state index is 13.6. The van der Waals surface area contributed by atoms with Crippen molar-refractivity contribution in [3.63, 3.8) is 0 Å². The lowest BCUT2D eigenvalue weighted by Crippen LogP contribution is -2.03. The molecule has 5 nitrogen and oxygen atoms in total. The third-order valence-corrected chi connectivity index (χ3v) is 2.93. The fourth-order valence-corrected chi connectivity index (χ4v) is 1.89. The average Bonchev–Trinajstić information content (AvgIpc) is 2.41. The van der Waals surface area contributed by atoms with E-state index in [4.69, 9.17) is 22.1 Å². The van der Waals surface area contributed by atoms with Crippen LogP contribution in [0.15, 0.2) is 36.4 Å². The van der Waals surface area contributed by atoms with Crippen molar-refractivity contribution in [2.24, 2.45) is 5.73 Å². The van der Waals surface area contributed by atoms with Gasteiger partial charge in [0.05, 0.1) is 9.95 Å². The monoisotopic (exact) mass is 296 g/mol. The molecule has 2 N–H and O–H groups in total. The Bertz CT molecular complexity index is 664. The van der Waals surface area contributed by atoms with E-state index in [0.29, 0.717) is 0 Å². The third-order valence-electron chi connectivity index (χ3n) is 2.63. The normalized spacial score (nSPS) is 10.3. The molecule has 0 aliphatic rings. The van der Waals surface area contributed by atoms with E-state index in [1.807, 2.05) is 0 Å². The molecule has 0 aliphatic heterocycles. The van der Waals surface area contributed by atoms with Gasteiger partial charge in [0.2, 0.25) is 5.75 Å². The highest BCUT2D eigenvalue weighted by Gasteiger charge is 2.20. The fourth-order valence-electron chi connectivity index (χ4n) is 1.68. The lowest BCUT2D eigenvalue weighted by Gasteiger charge is -2.11. The summed E-state index contributed by atoms with van der Waals surface area (Å²) in [5.41, 5.74) is 5.28. The van der Waals surface area contributed by atoms with Crippen molar-refractivity contribution in [2.75, 3.05) is 0 Å². The highest BCUT2D eigenvalue weighted by Crippen LogP contribution is 2.38. The van der Waals surface area contributed by atoms with E-state index in [-0.39, 0.29) is 34.3 Å². The zero-order chi connectivity index (χ0) is 14.7. The Balaban J connectivity index is 2.50. The summed E-state index contributed by atoms with van der Waals surface area (Å²) in [6, 6.07) is 8.26. The molecule has 0 radical (unpaired) electrons. The molecular weight excluding hydrogens is 287 g/mol. The largest absolute Gasteiger partial charge is 0.448 e. The van der Waals surface area contributed by atoms with E-state index in [9.17, 15) is 14.5 Å². The zero-order valence-electron chi connectivity index (χ0n) is 10.2. The number of para-hydroxylation sites is 1. The molecule has 0 saturated heterocycles. The van der Waals surface area contributed by atoms with Crippen LogP contribution < -0.4 is 10.5 Å². The summed E-state index contributed by atoms with van der Waals surface area (Å²) in [6.45, 7) is -0.0970. The maximum Gasteiger partial charge on any atom is 0.313 e. The van der Waals surface area contributed by atoms with Crippen LogP contribution in [-0.2, 0) is 6.54 Å². The minimum absolute atomic E-state index is 0.0615. The summed E-state index contributed by atoms with van der Waals surface area (Å²) in [5, 5.41) is 11.0. The molecule has 2 aromatic rings. The van der Waals surface area contributed by atoms with Gasteiger partial charge < -0.3 is 10.5 Å². The smallest absolute Gasteiger partial charge is 0.313 e. The van der Waals surface area contributed by atoms with Crippen LogP contribution in [0.5, 0.6) is 11.5 Å². The number of nitro benzene ring substituents is 1. The second-order valence-electron chi connectivity index (χ2n) is 3.87. The molecular formula is C13H10ClFN2O3. The average molecular weight is 297 g/mol. The molecule has 2 aromatic carbocycles. The van der Waals surface area contributed by atoms with Gasteiger partial charge in [0.25, 0.3) is 0 Å². The van der Waals surface area contributed by atoms with E-state index < -0.39 is 10.7 Å². The van der Waals surface area contributed by atoms with Crippen molar-refractivity contribution in [3.05, 3.63) is 62.9 Å². The van der Waals surface area contributed by atoms with Crippen LogP contribution in [-0.4, -0.2) is 4.92 Å². The molecule has 0 spiro atoms. The van der Waals surface area contributed by atoms with Crippen molar-refractivity contribution in [3.8, 4) is 11.5 Å². The summed E-state index contributed by atoms with van der Waals surface area (Å²) in [7, 11) is 0. The standard InChI is InChI=1S/C13H10ClFN2O3/c14-9-3-1-5-11(17(18)19)13(9)20-12-6-2-4-10(15)8(12)7-16/h1-6H,7,16H2. The van der Waals surface area contributed by atoms with Crippen LogP contribution in [0.25, 0.3) is 0 Å². The predicted octanol–water partition coefficient (Wildman–Crippen LogP) is 3.64. The van der Waals surface area contributed by atoms with Gasteiger partial charge in [0.1, 0.15) is 11.6 Å². The SMILES string of the molecule is NCc1c(F)cccc1Oc1c(Cl)cccc1[N+](=O)[O-]. The van der Waals surface area contributed by atoms with Crippen molar-refractivity contribution in [2.45, 2.75) is 6.54 Å². The van der Waals surface area contributed by atoms with Gasteiger partial charge in [-0.3, -0.25) is 10.1 Å². The van der Waals surface area contributed by atoms with E-state index >= 15 is 0 Å². The molecule has 0 aliphatic carbocycles. The Morgan fingerprint density at radius 1 is 1.30 bits per heavy atom. The second-order valence-corrected chi connectivity index (χ2v) is 4.28. The summed E-state index contributed by atoms with van der Waals surface area (Å²) in [6.07, 6.45) is 0. The van der Waals surface area contributed by atoms with Gasteiger partial charge in [-0.25, -0.2) is 4.39 Å². The number of hydrogen-bond donors (Lipinski definition) is 1. The Labute approximate surface area is 118 Å². The Hall–Kier alpha value is -2.18. The molecule has 0 amide bonds. The van der Waals surface area contributed by atoms with Crippen LogP contribution in [0, 0.1) is 15.9 Å². The van der Waals surface area contributed by atoms with Gasteiger partial charge in [-0.15, -0.1) is 0 Å².